The van der Waals surface area contributed by atoms with Gasteiger partial charge in [-0.05, 0) is 84.6 Å². The molecule has 42 heavy (non-hydrogen) atoms. The second-order valence-corrected chi connectivity index (χ2v) is 11.1. The molecule has 0 amide bonds. The molecule has 0 aliphatic carbocycles. The van der Waals surface area contributed by atoms with Crippen LogP contribution in [0.3, 0.4) is 0 Å². The predicted octanol–water partition coefficient (Wildman–Crippen LogP) is 8.97. The Kier molecular flexibility index (Phi) is 8.20. The number of thiol groups is 1. The van der Waals surface area contributed by atoms with Gasteiger partial charge in [0.2, 0.25) is 0 Å². The van der Waals surface area contributed by atoms with Crippen LogP contribution in [0.15, 0.2) is 121 Å². The van der Waals surface area contributed by atoms with Gasteiger partial charge in [-0.3, -0.25) is 4.55 Å². The molecule has 0 bridgehead atoms. The second-order valence-electron chi connectivity index (χ2n) is 9.20. The number of phenols is 1. The second kappa shape index (κ2) is 12.0. The van der Waals surface area contributed by atoms with Crippen LogP contribution in [0, 0.1) is 6.92 Å². The molecule has 0 unspecified atom stereocenters. The Morgan fingerprint density at radius 2 is 1.52 bits per heavy atom. The van der Waals surface area contributed by atoms with Gasteiger partial charge in [-0.15, -0.1) is 22.9 Å². The minimum atomic E-state index is -4.79. The first-order valence-electron chi connectivity index (χ1n) is 12.5. The van der Waals surface area contributed by atoms with E-state index in [1.807, 2.05) is 30.3 Å². The van der Waals surface area contributed by atoms with E-state index in [9.17, 15) is 18.1 Å². The standard InChI is InChI=1S/C30H25N5O5S2/c1-18-14-26(27(40-2)17-25(18)33-32-21-8-11-23(41)12-9-21)34-35-29-28(42(37,38)39)16-19-15-22(10-13-24(19)30(29)36)31-20-6-4-3-5-7-20/h3-17,31,36,41H,1-2H3,(H,37,38,39). The van der Waals surface area contributed by atoms with Crippen LogP contribution in [0.1, 0.15) is 5.56 Å². The zero-order valence-corrected chi connectivity index (χ0v) is 24.1. The number of fused-ring (bicyclic) bond motifs is 1. The van der Waals surface area contributed by atoms with Crippen molar-refractivity contribution in [3.63, 3.8) is 0 Å². The Morgan fingerprint density at radius 1 is 0.810 bits per heavy atom. The monoisotopic (exact) mass is 599 g/mol. The first-order valence-corrected chi connectivity index (χ1v) is 14.4. The molecule has 10 nitrogen and oxygen atoms in total. The number of rotatable bonds is 8. The molecule has 0 saturated carbocycles. The van der Waals surface area contributed by atoms with Gasteiger partial charge in [0.1, 0.15) is 22.0 Å². The highest BCUT2D eigenvalue weighted by molar-refractivity contribution is 7.86. The van der Waals surface area contributed by atoms with Gasteiger partial charge >= 0.3 is 0 Å². The molecule has 0 aromatic heterocycles. The van der Waals surface area contributed by atoms with Crippen molar-refractivity contribution in [2.45, 2.75) is 16.7 Å². The third kappa shape index (κ3) is 6.41. The molecule has 12 heteroatoms. The van der Waals surface area contributed by atoms with Crippen molar-refractivity contribution in [1.29, 1.82) is 0 Å². The lowest BCUT2D eigenvalue weighted by molar-refractivity contribution is 0.416. The Morgan fingerprint density at radius 3 is 2.21 bits per heavy atom. The summed E-state index contributed by atoms with van der Waals surface area (Å²) in [6, 6.07) is 26.1. The van der Waals surface area contributed by atoms with Crippen LogP contribution in [-0.4, -0.2) is 25.2 Å². The van der Waals surface area contributed by atoms with Crippen LogP contribution >= 0.6 is 12.6 Å². The van der Waals surface area contributed by atoms with Crippen molar-refractivity contribution in [1.82, 2.24) is 0 Å². The third-order valence-corrected chi connectivity index (χ3v) is 7.43. The number of methoxy groups -OCH3 is 1. The van der Waals surface area contributed by atoms with Gasteiger partial charge < -0.3 is 15.2 Å². The van der Waals surface area contributed by atoms with Crippen LogP contribution in [0.4, 0.5) is 34.1 Å². The highest BCUT2D eigenvalue weighted by Crippen LogP contribution is 2.43. The molecule has 212 valence electrons. The minimum absolute atomic E-state index is 0.247. The van der Waals surface area contributed by atoms with E-state index in [1.54, 1.807) is 61.5 Å². The fourth-order valence-corrected chi connectivity index (χ4v) is 4.96. The minimum Gasteiger partial charge on any atom is -0.505 e. The number of nitrogens with zero attached hydrogens (tertiary/aromatic N) is 4. The zero-order valence-electron chi connectivity index (χ0n) is 22.4. The summed E-state index contributed by atoms with van der Waals surface area (Å²) in [5.74, 6) is -0.169. The number of aromatic hydroxyl groups is 1. The predicted molar refractivity (Wildman–Crippen MR) is 165 cm³/mol. The van der Waals surface area contributed by atoms with Crippen molar-refractivity contribution in [3.05, 3.63) is 96.6 Å². The molecule has 5 aromatic rings. The Labute approximate surface area is 247 Å². The highest BCUT2D eigenvalue weighted by atomic mass is 32.2. The van der Waals surface area contributed by atoms with Gasteiger partial charge in [-0.1, -0.05) is 18.2 Å². The first-order chi connectivity index (χ1) is 20.1. The molecule has 0 spiro atoms. The maximum absolute atomic E-state index is 12.3. The number of hydrogen-bond donors (Lipinski definition) is 4. The zero-order chi connectivity index (χ0) is 29.9. The van der Waals surface area contributed by atoms with Gasteiger partial charge in [0.15, 0.2) is 5.75 Å². The molecule has 0 aliphatic heterocycles. The quantitative estimate of drug-likeness (QED) is 0.0795. The van der Waals surface area contributed by atoms with Gasteiger partial charge in [-0.2, -0.15) is 18.6 Å². The maximum Gasteiger partial charge on any atom is 0.296 e. The SMILES string of the molecule is COc1cc(N=Nc2ccc(S)cc2)c(C)cc1N=Nc1c(S(=O)(=O)O)cc2cc(Nc3ccccc3)ccc2c1O. The average molecular weight is 600 g/mol. The topological polar surface area (TPSA) is 145 Å². The van der Waals surface area contributed by atoms with E-state index in [0.717, 1.165) is 10.6 Å². The summed E-state index contributed by atoms with van der Waals surface area (Å²) in [6.45, 7) is 1.79. The molecule has 0 saturated heterocycles. The van der Waals surface area contributed by atoms with Gasteiger partial charge in [-0.25, -0.2) is 0 Å². The Bertz CT molecular complexity index is 1950. The normalized spacial score (nSPS) is 11.9. The number of hydrogen-bond acceptors (Lipinski definition) is 10. The number of nitrogens with one attached hydrogen (secondary N) is 1. The van der Waals surface area contributed by atoms with Gasteiger partial charge in [0, 0.05) is 27.7 Å². The highest BCUT2D eigenvalue weighted by Gasteiger charge is 2.22. The first kappa shape index (κ1) is 28.7. The summed E-state index contributed by atoms with van der Waals surface area (Å²) in [6.07, 6.45) is 0. The number of anilines is 2. The number of aryl methyl sites for hydroxylation is 1. The molecular weight excluding hydrogens is 574 g/mol. The van der Waals surface area contributed by atoms with Gasteiger partial charge in [0.25, 0.3) is 10.1 Å². The lowest BCUT2D eigenvalue weighted by Gasteiger charge is -2.12. The molecule has 0 fully saturated rings. The summed E-state index contributed by atoms with van der Waals surface area (Å²) < 4.78 is 40.1. The summed E-state index contributed by atoms with van der Waals surface area (Å²) in [5.41, 5.74) is 3.16. The molecule has 0 atom stereocenters. The van der Waals surface area contributed by atoms with Crippen LogP contribution in [-0.2, 0) is 10.1 Å². The number of phenolic OH excluding ortho intramolecular Hbond substituents is 1. The molecule has 3 N–H and O–H groups in total. The molecule has 0 heterocycles. The molecular formula is C30H25N5O5S2. The summed E-state index contributed by atoms with van der Waals surface area (Å²) >= 11 is 4.26. The van der Waals surface area contributed by atoms with E-state index in [4.69, 9.17) is 4.74 Å². The number of para-hydroxylation sites is 1. The van der Waals surface area contributed by atoms with E-state index in [0.29, 0.717) is 33.4 Å². The smallest absolute Gasteiger partial charge is 0.296 e. The molecule has 5 rings (SSSR count). The lowest BCUT2D eigenvalue weighted by atomic mass is 10.1. The van der Waals surface area contributed by atoms with Crippen LogP contribution in [0.2, 0.25) is 0 Å². The molecule has 0 radical (unpaired) electrons. The van der Waals surface area contributed by atoms with E-state index in [2.05, 4.69) is 38.4 Å². The van der Waals surface area contributed by atoms with Crippen molar-refractivity contribution < 1.29 is 22.8 Å². The van der Waals surface area contributed by atoms with E-state index >= 15 is 0 Å². The Hall–Kier alpha value is -4.78. The molecule has 0 aliphatic rings. The fraction of sp³-hybridized carbons (Fsp3) is 0.0667. The third-order valence-electron chi connectivity index (χ3n) is 6.27. The fourth-order valence-electron chi connectivity index (χ4n) is 4.16. The van der Waals surface area contributed by atoms with E-state index in [-0.39, 0.29) is 11.4 Å². The Balaban J connectivity index is 1.52. The molecule has 5 aromatic carbocycles. The van der Waals surface area contributed by atoms with E-state index in [1.165, 1.54) is 13.2 Å². The van der Waals surface area contributed by atoms with Gasteiger partial charge in [0.05, 0.1) is 18.5 Å². The van der Waals surface area contributed by atoms with Crippen molar-refractivity contribution in [2.24, 2.45) is 20.5 Å². The van der Waals surface area contributed by atoms with Crippen LogP contribution in [0.25, 0.3) is 10.8 Å². The summed E-state index contributed by atoms with van der Waals surface area (Å²) in [4.78, 5) is 0.211. The summed E-state index contributed by atoms with van der Waals surface area (Å²) in [5, 5.41) is 31.7. The van der Waals surface area contributed by atoms with Crippen molar-refractivity contribution >= 4 is 67.6 Å². The number of benzene rings is 5. The average Bonchev–Trinajstić information content (AvgIpc) is 2.97. The van der Waals surface area contributed by atoms with Crippen molar-refractivity contribution in [2.75, 3.05) is 12.4 Å². The van der Waals surface area contributed by atoms with E-state index < -0.39 is 26.5 Å². The lowest BCUT2D eigenvalue weighted by Crippen LogP contribution is -1.99. The largest absolute Gasteiger partial charge is 0.505 e. The number of ether oxygens (including phenoxy) is 1. The van der Waals surface area contributed by atoms with Crippen LogP contribution < -0.4 is 10.1 Å². The van der Waals surface area contributed by atoms with Crippen LogP contribution in [0.5, 0.6) is 11.5 Å². The maximum atomic E-state index is 12.3. The number of azo groups is 2. The van der Waals surface area contributed by atoms with Crippen molar-refractivity contribution in [3.8, 4) is 11.5 Å². The summed E-state index contributed by atoms with van der Waals surface area (Å²) in [7, 11) is -3.35.